The molecule has 0 saturated carbocycles. The molecule has 0 N–H and O–H groups in total. The number of rotatable bonds is 0. The van der Waals surface area contributed by atoms with Crippen LogP contribution in [0.2, 0.25) is 0 Å². The van der Waals surface area contributed by atoms with Gasteiger partial charge in [0.25, 0.3) is 11.3 Å². The highest BCUT2D eigenvalue weighted by atomic mass is 19.2. The van der Waals surface area contributed by atoms with Crippen LogP contribution in [0.3, 0.4) is 0 Å². The van der Waals surface area contributed by atoms with Crippen LogP contribution in [-0.4, -0.2) is 11.3 Å². The molecule has 0 aromatic rings. The van der Waals surface area contributed by atoms with E-state index in [0.29, 0.717) is 0 Å². The molecule has 3 rings (SSSR count). The monoisotopic (exact) mass is 248 g/mol. The van der Waals surface area contributed by atoms with E-state index in [1.165, 1.54) is 0 Å². The number of halogens is 8. The Morgan fingerprint density at radius 2 is 0.562 bits per heavy atom. The van der Waals surface area contributed by atoms with Gasteiger partial charge < -0.3 is 0 Å². The van der Waals surface area contributed by atoms with Crippen LogP contribution in [0.1, 0.15) is 0 Å². The minimum atomic E-state index is -4.67. The molecule has 0 saturated heterocycles. The number of hydrogen-bond donors (Lipinski definition) is 0. The van der Waals surface area contributed by atoms with Crippen LogP contribution in [0.5, 0.6) is 0 Å². The Hall–Kier alpha value is -1.34. The van der Waals surface area contributed by atoms with E-state index in [9.17, 15) is 35.1 Å². The zero-order valence-electron chi connectivity index (χ0n) is 7.02. The van der Waals surface area contributed by atoms with Crippen LogP contribution in [0.15, 0.2) is 35.0 Å². The summed E-state index contributed by atoms with van der Waals surface area (Å²) in [7, 11) is 0. The van der Waals surface area contributed by atoms with E-state index >= 15 is 0 Å². The van der Waals surface area contributed by atoms with Crippen molar-refractivity contribution in [2.75, 3.05) is 0 Å². The van der Waals surface area contributed by atoms with Crippen molar-refractivity contribution < 1.29 is 35.1 Å². The first kappa shape index (κ1) is 11.2. The molecular weight excluding hydrogens is 248 g/mol. The Bertz CT molecular complexity index is 373. The molecule has 88 valence electrons. The molecule has 0 radical (unpaired) electrons. The molecule has 0 atom stereocenters. The van der Waals surface area contributed by atoms with E-state index in [-0.39, 0.29) is 0 Å². The lowest BCUT2D eigenvalue weighted by Crippen LogP contribution is -2.46. The van der Waals surface area contributed by atoms with Gasteiger partial charge in [0.2, 0.25) is 0 Å². The Balaban J connectivity index is 2.88. The molecule has 0 aromatic carbocycles. The maximum Gasteiger partial charge on any atom is 0.271 e. The normalized spacial score (nSPS) is 39.0. The van der Waals surface area contributed by atoms with Gasteiger partial charge in [-0.25, -0.2) is 35.1 Å². The predicted octanol–water partition coefficient (Wildman–Crippen LogP) is 3.88. The van der Waals surface area contributed by atoms with Gasteiger partial charge in [-0.05, 0) is 0 Å². The van der Waals surface area contributed by atoms with Crippen molar-refractivity contribution in [1.82, 2.24) is 0 Å². The number of alkyl halides is 2. The van der Waals surface area contributed by atoms with Gasteiger partial charge in [0.15, 0.2) is 35.0 Å². The zero-order valence-corrected chi connectivity index (χ0v) is 7.02. The van der Waals surface area contributed by atoms with Crippen LogP contribution >= 0.6 is 0 Å². The molecule has 0 spiro atoms. The van der Waals surface area contributed by atoms with Gasteiger partial charge in [0.05, 0.1) is 0 Å². The number of hydrogen-bond acceptors (Lipinski definition) is 0. The second-order valence-electron chi connectivity index (χ2n) is 3.20. The van der Waals surface area contributed by atoms with Gasteiger partial charge in [-0.1, -0.05) is 0 Å². The molecular formula is C8F8. The van der Waals surface area contributed by atoms with Crippen molar-refractivity contribution in [1.29, 1.82) is 0 Å². The van der Waals surface area contributed by atoms with Gasteiger partial charge in [0.1, 0.15) is 0 Å². The van der Waals surface area contributed by atoms with E-state index in [0.717, 1.165) is 0 Å². The third-order valence-corrected chi connectivity index (χ3v) is 2.39. The van der Waals surface area contributed by atoms with Crippen LogP contribution < -0.4 is 0 Å². The molecule has 3 aliphatic rings. The zero-order chi connectivity index (χ0) is 12.5. The van der Waals surface area contributed by atoms with Crippen LogP contribution in [0.4, 0.5) is 35.1 Å². The molecule has 0 aromatic heterocycles. The summed E-state index contributed by atoms with van der Waals surface area (Å²) in [5.74, 6) is -17.2. The molecule has 0 fully saturated rings. The summed E-state index contributed by atoms with van der Waals surface area (Å²) in [6, 6.07) is 0. The largest absolute Gasteiger partial charge is 0.271 e. The Morgan fingerprint density at radius 1 is 0.438 bits per heavy atom. The average molecular weight is 248 g/mol. The summed E-state index contributed by atoms with van der Waals surface area (Å²) < 4.78 is 103. The van der Waals surface area contributed by atoms with Crippen LogP contribution in [-0.2, 0) is 0 Å². The third kappa shape index (κ3) is 0.791. The van der Waals surface area contributed by atoms with Crippen molar-refractivity contribution in [2.45, 2.75) is 11.3 Å². The lowest BCUT2D eigenvalue weighted by molar-refractivity contribution is 0.0725. The van der Waals surface area contributed by atoms with Crippen LogP contribution in [0.25, 0.3) is 0 Å². The van der Waals surface area contributed by atoms with Crippen molar-refractivity contribution in [2.24, 2.45) is 0 Å². The van der Waals surface area contributed by atoms with Crippen molar-refractivity contribution in [3.05, 3.63) is 35.0 Å². The fourth-order valence-corrected chi connectivity index (χ4v) is 1.49. The van der Waals surface area contributed by atoms with Crippen molar-refractivity contribution in [3.63, 3.8) is 0 Å². The third-order valence-electron chi connectivity index (χ3n) is 2.39. The van der Waals surface area contributed by atoms with Crippen LogP contribution in [0, 0.1) is 0 Å². The summed E-state index contributed by atoms with van der Waals surface area (Å²) in [5, 5.41) is 0. The molecule has 0 unspecified atom stereocenters. The van der Waals surface area contributed by atoms with Gasteiger partial charge in [0, 0.05) is 0 Å². The van der Waals surface area contributed by atoms with E-state index in [1.807, 2.05) is 0 Å². The van der Waals surface area contributed by atoms with Gasteiger partial charge >= 0.3 is 0 Å². The number of allylic oxidation sites excluding steroid dienone is 6. The SMILES string of the molecule is FC1=C(F)C2(F)C(F)=C(F)C1(F)C(F)=C2F. The summed E-state index contributed by atoms with van der Waals surface area (Å²) >= 11 is 0. The van der Waals surface area contributed by atoms with Crippen molar-refractivity contribution >= 4 is 0 Å². The maximum atomic E-state index is 13.3. The first-order chi connectivity index (χ1) is 7.20. The highest BCUT2D eigenvalue weighted by Crippen LogP contribution is 2.61. The lowest BCUT2D eigenvalue weighted by atomic mass is 9.78. The van der Waals surface area contributed by atoms with Gasteiger partial charge in [-0.3, -0.25) is 0 Å². The Kier molecular flexibility index (Phi) is 1.86. The standard InChI is InChI=1S/C8F8/c9-1-2(10)8(16)5(13)3(11)7(1,15)4(12)6(8)14. The van der Waals surface area contributed by atoms with Gasteiger partial charge in [-0.15, -0.1) is 0 Å². The van der Waals surface area contributed by atoms with E-state index in [2.05, 4.69) is 0 Å². The highest BCUT2D eigenvalue weighted by Gasteiger charge is 2.70. The minimum absolute atomic E-state index is 2.87. The fraction of sp³-hybridized carbons (Fsp3) is 0.250. The summed E-state index contributed by atoms with van der Waals surface area (Å²) in [6.07, 6.45) is 0. The lowest BCUT2D eigenvalue weighted by Gasteiger charge is -2.36. The first-order valence-corrected chi connectivity index (χ1v) is 3.76. The van der Waals surface area contributed by atoms with Gasteiger partial charge in [-0.2, -0.15) is 0 Å². The second kappa shape index (κ2) is 2.67. The summed E-state index contributed by atoms with van der Waals surface area (Å²) in [5.41, 5.74) is -9.35. The molecule has 0 nitrogen and oxygen atoms in total. The Labute approximate surface area is 82.5 Å². The molecule has 3 aliphatic carbocycles. The smallest absolute Gasteiger partial charge is 0.220 e. The molecule has 16 heavy (non-hydrogen) atoms. The summed E-state index contributed by atoms with van der Waals surface area (Å²) in [4.78, 5) is 0. The van der Waals surface area contributed by atoms with E-state index in [4.69, 9.17) is 0 Å². The van der Waals surface area contributed by atoms with E-state index in [1.54, 1.807) is 0 Å². The minimum Gasteiger partial charge on any atom is -0.220 e. The van der Waals surface area contributed by atoms with Crippen molar-refractivity contribution in [3.8, 4) is 0 Å². The summed E-state index contributed by atoms with van der Waals surface area (Å²) in [6.45, 7) is 0. The molecule has 2 bridgehead atoms. The van der Waals surface area contributed by atoms with E-state index < -0.39 is 46.3 Å². The highest BCUT2D eigenvalue weighted by molar-refractivity contribution is 5.59. The molecule has 0 heterocycles. The Morgan fingerprint density at radius 3 is 0.688 bits per heavy atom. The topological polar surface area (TPSA) is 0 Å². The molecule has 0 aliphatic heterocycles. The first-order valence-electron chi connectivity index (χ1n) is 3.76. The maximum absolute atomic E-state index is 13.3. The average Bonchev–Trinajstić information content (AvgIpc) is 2.27. The predicted molar refractivity (Wildman–Crippen MR) is 35.4 cm³/mol. The molecule has 0 amide bonds. The molecule has 8 heteroatoms. The second-order valence-corrected chi connectivity index (χ2v) is 3.20. The fourth-order valence-electron chi connectivity index (χ4n) is 1.49. The quantitative estimate of drug-likeness (QED) is 0.570.